The van der Waals surface area contributed by atoms with Crippen molar-refractivity contribution >= 4 is 28.2 Å². The van der Waals surface area contributed by atoms with E-state index in [2.05, 4.69) is 10.3 Å². The molecule has 110 valence electrons. The smallest absolute Gasteiger partial charge is 0.151 e. The van der Waals surface area contributed by atoms with E-state index in [4.69, 9.17) is 0 Å². The molecule has 0 amide bonds. The molecule has 4 rings (SSSR count). The maximum absolute atomic E-state index is 10.3. The summed E-state index contributed by atoms with van der Waals surface area (Å²) in [6.07, 6.45) is 3.21. The SMILES string of the molecule is OCc1ccc2[nH]cc(C=C3c4ccccc4NC3O)c2c1. The maximum Gasteiger partial charge on any atom is 0.151 e. The largest absolute Gasteiger partial charge is 0.392 e. The second kappa shape index (κ2) is 5.02. The first-order valence-electron chi connectivity index (χ1n) is 7.23. The van der Waals surface area contributed by atoms with Gasteiger partial charge in [0.15, 0.2) is 6.23 Å². The number of rotatable bonds is 2. The molecule has 0 bridgehead atoms. The van der Waals surface area contributed by atoms with Gasteiger partial charge in [0.05, 0.1) is 6.61 Å². The van der Waals surface area contributed by atoms with Gasteiger partial charge in [0.1, 0.15) is 0 Å². The minimum absolute atomic E-state index is 0.0180. The lowest BCUT2D eigenvalue weighted by Crippen LogP contribution is -2.12. The van der Waals surface area contributed by atoms with Crippen molar-refractivity contribution in [1.82, 2.24) is 4.98 Å². The van der Waals surface area contributed by atoms with E-state index in [1.54, 1.807) is 0 Å². The molecule has 0 aliphatic carbocycles. The normalized spacial score (nSPS) is 18.6. The summed E-state index contributed by atoms with van der Waals surface area (Å²) in [6.45, 7) is 0.0180. The Morgan fingerprint density at radius 3 is 2.86 bits per heavy atom. The lowest BCUT2D eigenvalue weighted by molar-refractivity contribution is 0.266. The zero-order valence-corrected chi connectivity index (χ0v) is 11.9. The molecule has 0 saturated heterocycles. The second-order valence-corrected chi connectivity index (χ2v) is 5.47. The minimum atomic E-state index is -0.705. The zero-order valence-electron chi connectivity index (χ0n) is 11.9. The molecule has 4 nitrogen and oxygen atoms in total. The number of aliphatic hydroxyl groups is 2. The predicted octanol–water partition coefficient (Wildman–Crippen LogP) is 2.94. The number of hydrogen-bond acceptors (Lipinski definition) is 3. The van der Waals surface area contributed by atoms with Crippen LogP contribution in [0, 0.1) is 0 Å². The molecule has 1 unspecified atom stereocenters. The molecule has 2 aromatic carbocycles. The summed E-state index contributed by atoms with van der Waals surface area (Å²) >= 11 is 0. The van der Waals surface area contributed by atoms with E-state index in [0.29, 0.717) is 0 Å². The van der Waals surface area contributed by atoms with Crippen LogP contribution in [0.4, 0.5) is 5.69 Å². The first kappa shape index (κ1) is 13.1. The predicted molar refractivity (Wildman–Crippen MR) is 88.2 cm³/mol. The average Bonchev–Trinajstić information content (AvgIpc) is 3.09. The van der Waals surface area contributed by atoms with Crippen molar-refractivity contribution in [2.45, 2.75) is 12.8 Å². The summed E-state index contributed by atoms with van der Waals surface area (Å²) in [5, 5.41) is 23.7. The van der Waals surface area contributed by atoms with Crippen LogP contribution in [0.15, 0.2) is 48.7 Å². The number of benzene rings is 2. The molecule has 4 N–H and O–H groups in total. The van der Waals surface area contributed by atoms with Crippen LogP contribution in [0.2, 0.25) is 0 Å². The van der Waals surface area contributed by atoms with Gasteiger partial charge in [-0.15, -0.1) is 0 Å². The van der Waals surface area contributed by atoms with E-state index in [-0.39, 0.29) is 6.61 Å². The van der Waals surface area contributed by atoms with Crippen molar-refractivity contribution in [3.8, 4) is 0 Å². The Balaban J connectivity index is 1.86. The van der Waals surface area contributed by atoms with Gasteiger partial charge in [-0.1, -0.05) is 24.3 Å². The molecule has 0 fully saturated rings. The van der Waals surface area contributed by atoms with E-state index >= 15 is 0 Å². The number of aliphatic hydroxyl groups excluding tert-OH is 2. The topological polar surface area (TPSA) is 68.3 Å². The molecule has 2 heterocycles. The number of para-hydroxylation sites is 1. The molecule has 4 heteroatoms. The number of anilines is 1. The van der Waals surface area contributed by atoms with Crippen LogP contribution in [0.3, 0.4) is 0 Å². The van der Waals surface area contributed by atoms with Crippen LogP contribution in [0.1, 0.15) is 16.7 Å². The molecular formula is C18H16N2O2. The lowest BCUT2D eigenvalue weighted by atomic mass is 10.0. The summed E-state index contributed by atoms with van der Waals surface area (Å²) in [5.41, 5.74) is 5.69. The molecule has 1 aromatic heterocycles. The quantitative estimate of drug-likeness (QED) is 0.587. The Morgan fingerprint density at radius 2 is 2.00 bits per heavy atom. The van der Waals surface area contributed by atoms with Gasteiger partial charge < -0.3 is 20.5 Å². The second-order valence-electron chi connectivity index (χ2n) is 5.47. The molecule has 3 aromatic rings. The Morgan fingerprint density at radius 1 is 1.14 bits per heavy atom. The Hall–Kier alpha value is -2.56. The Labute approximate surface area is 127 Å². The van der Waals surface area contributed by atoms with Crippen molar-refractivity contribution in [2.75, 3.05) is 5.32 Å². The van der Waals surface area contributed by atoms with Crippen molar-refractivity contribution in [3.05, 3.63) is 65.4 Å². The Bertz CT molecular complexity index is 880. The number of fused-ring (bicyclic) bond motifs is 2. The summed E-state index contributed by atoms with van der Waals surface area (Å²) in [6, 6.07) is 13.7. The average molecular weight is 292 g/mol. The van der Waals surface area contributed by atoms with Gasteiger partial charge in [-0.3, -0.25) is 0 Å². The molecular weight excluding hydrogens is 276 g/mol. The third-order valence-corrected chi connectivity index (χ3v) is 4.10. The van der Waals surface area contributed by atoms with E-state index < -0.39 is 6.23 Å². The van der Waals surface area contributed by atoms with Crippen molar-refractivity contribution in [2.24, 2.45) is 0 Å². The fourth-order valence-corrected chi connectivity index (χ4v) is 2.96. The third-order valence-electron chi connectivity index (χ3n) is 4.10. The number of aromatic amines is 1. The monoisotopic (exact) mass is 292 g/mol. The first-order valence-corrected chi connectivity index (χ1v) is 7.23. The van der Waals surface area contributed by atoms with Gasteiger partial charge >= 0.3 is 0 Å². The molecule has 1 atom stereocenters. The van der Waals surface area contributed by atoms with Crippen molar-refractivity contribution in [3.63, 3.8) is 0 Å². The van der Waals surface area contributed by atoms with Gasteiger partial charge in [0.25, 0.3) is 0 Å². The van der Waals surface area contributed by atoms with E-state index in [1.165, 1.54) is 0 Å². The van der Waals surface area contributed by atoms with Crippen LogP contribution < -0.4 is 5.32 Å². The highest BCUT2D eigenvalue weighted by Gasteiger charge is 2.23. The molecule has 1 aliphatic rings. The van der Waals surface area contributed by atoms with E-state index in [9.17, 15) is 10.2 Å². The third kappa shape index (κ3) is 2.01. The number of H-pyrrole nitrogens is 1. The fourth-order valence-electron chi connectivity index (χ4n) is 2.96. The van der Waals surface area contributed by atoms with Crippen LogP contribution in [-0.2, 0) is 6.61 Å². The highest BCUT2D eigenvalue weighted by Crippen LogP contribution is 2.36. The highest BCUT2D eigenvalue weighted by molar-refractivity contribution is 5.99. The van der Waals surface area contributed by atoms with Gasteiger partial charge in [0, 0.05) is 39.5 Å². The summed E-state index contributed by atoms with van der Waals surface area (Å²) in [7, 11) is 0. The van der Waals surface area contributed by atoms with Gasteiger partial charge in [-0.05, 0) is 29.8 Å². The zero-order chi connectivity index (χ0) is 15.1. The fraction of sp³-hybridized carbons (Fsp3) is 0.111. The molecule has 22 heavy (non-hydrogen) atoms. The van der Waals surface area contributed by atoms with Crippen LogP contribution >= 0.6 is 0 Å². The molecule has 0 radical (unpaired) electrons. The van der Waals surface area contributed by atoms with E-state index in [0.717, 1.165) is 38.9 Å². The molecule has 1 aliphatic heterocycles. The summed E-state index contributed by atoms with van der Waals surface area (Å²) < 4.78 is 0. The number of nitrogens with one attached hydrogen (secondary N) is 2. The van der Waals surface area contributed by atoms with Crippen molar-refractivity contribution in [1.29, 1.82) is 0 Å². The first-order chi connectivity index (χ1) is 10.8. The number of aromatic nitrogens is 1. The van der Waals surface area contributed by atoms with E-state index in [1.807, 2.05) is 54.7 Å². The van der Waals surface area contributed by atoms with Gasteiger partial charge in [-0.2, -0.15) is 0 Å². The summed E-state index contributed by atoms with van der Waals surface area (Å²) in [5.74, 6) is 0. The van der Waals surface area contributed by atoms with Crippen LogP contribution in [0.5, 0.6) is 0 Å². The maximum atomic E-state index is 10.3. The van der Waals surface area contributed by atoms with Gasteiger partial charge in [0.2, 0.25) is 0 Å². The minimum Gasteiger partial charge on any atom is -0.392 e. The molecule has 0 spiro atoms. The Kier molecular flexibility index (Phi) is 2.99. The van der Waals surface area contributed by atoms with Crippen LogP contribution in [-0.4, -0.2) is 21.4 Å². The summed E-state index contributed by atoms with van der Waals surface area (Å²) in [4.78, 5) is 3.22. The van der Waals surface area contributed by atoms with Crippen molar-refractivity contribution < 1.29 is 10.2 Å². The van der Waals surface area contributed by atoms with Gasteiger partial charge in [-0.25, -0.2) is 0 Å². The lowest BCUT2D eigenvalue weighted by Gasteiger charge is -2.05. The molecule has 0 saturated carbocycles. The number of hydrogen-bond donors (Lipinski definition) is 4. The van der Waals surface area contributed by atoms with Crippen LogP contribution in [0.25, 0.3) is 22.6 Å². The standard InChI is InChI=1S/C18H16N2O2/c21-10-11-5-6-16-14(7-11)12(9-19-16)8-15-13-3-1-2-4-17(13)20-18(15)22/h1-9,18-22H,10H2. The highest BCUT2D eigenvalue weighted by atomic mass is 16.3.